The van der Waals surface area contributed by atoms with Crippen molar-refractivity contribution in [2.24, 2.45) is 0 Å². The van der Waals surface area contributed by atoms with Gasteiger partial charge in [-0.2, -0.15) is 0 Å². The van der Waals surface area contributed by atoms with Crippen LogP contribution >= 0.6 is 0 Å². The summed E-state index contributed by atoms with van der Waals surface area (Å²) in [7, 11) is 0. The van der Waals surface area contributed by atoms with Gasteiger partial charge < -0.3 is 35.5 Å². The molecule has 5 atom stereocenters. The minimum atomic E-state index is -1.52. The Balaban J connectivity index is 1.55. The number of hydrogen-bond donors (Lipinski definition) is 6. The first-order chi connectivity index (χ1) is 14.4. The summed E-state index contributed by atoms with van der Waals surface area (Å²) in [6, 6.07) is 10.0. The van der Waals surface area contributed by atoms with Gasteiger partial charge in [0.1, 0.15) is 30.2 Å². The Bertz CT molecular complexity index is 1050. The van der Waals surface area contributed by atoms with Gasteiger partial charge in [0.2, 0.25) is 5.95 Å². The normalized spacial score (nSPS) is 26.6. The highest BCUT2D eigenvalue weighted by atomic mass is 19.1. The van der Waals surface area contributed by atoms with E-state index in [0.717, 1.165) is 0 Å². The van der Waals surface area contributed by atoms with E-state index in [4.69, 9.17) is 4.74 Å². The number of carbonyl (C=O) groups excluding carboxylic acids is 1. The molecular formula is C20H20FN3O6. The van der Waals surface area contributed by atoms with E-state index in [2.05, 4.69) is 15.3 Å². The van der Waals surface area contributed by atoms with Gasteiger partial charge in [0.25, 0.3) is 0 Å². The van der Waals surface area contributed by atoms with Crippen molar-refractivity contribution in [3.8, 4) is 0 Å². The number of benzene rings is 2. The molecule has 1 fully saturated rings. The topological polar surface area (TPSA) is 148 Å². The van der Waals surface area contributed by atoms with Crippen molar-refractivity contribution >= 4 is 22.8 Å². The number of fused-ring (bicyclic) bond motifs is 1. The van der Waals surface area contributed by atoms with E-state index in [1.807, 2.05) is 0 Å². The number of ether oxygens (including phenoxy) is 1. The number of imidazole rings is 1. The highest BCUT2D eigenvalue weighted by molar-refractivity contribution is 6.10. The van der Waals surface area contributed by atoms with E-state index >= 15 is 0 Å². The van der Waals surface area contributed by atoms with Crippen molar-refractivity contribution in [1.82, 2.24) is 9.97 Å². The van der Waals surface area contributed by atoms with E-state index in [-0.39, 0.29) is 11.7 Å². The maximum atomic E-state index is 13.1. The Morgan fingerprint density at radius 2 is 1.77 bits per heavy atom. The van der Waals surface area contributed by atoms with Gasteiger partial charge in [-0.05, 0) is 42.5 Å². The van der Waals surface area contributed by atoms with Crippen molar-refractivity contribution in [2.75, 3.05) is 11.9 Å². The van der Waals surface area contributed by atoms with Crippen LogP contribution in [0.5, 0.6) is 0 Å². The zero-order chi connectivity index (χ0) is 21.4. The third kappa shape index (κ3) is 3.78. The van der Waals surface area contributed by atoms with E-state index in [0.29, 0.717) is 22.2 Å². The fraction of sp³-hybridized carbons (Fsp3) is 0.300. The second-order valence-corrected chi connectivity index (χ2v) is 7.05. The predicted molar refractivity (Wildman–Crippen MR) is 103 cm³/mol. The first kappa shape index (κ1) is 20.4. The number of H-pyrrole nitrogens is 1. The number of anilines is 1. The summed E-state index contributed by atoms with van der Waals surface area (Å²) in [5.74, 6) is -0.518. The number of aromatic amines is 1. The number of nitrogens with zero attached hydrogens (tertiary/aromatic N) is 1. The maximum Gasteiger partial charge on any atom is 0.203 e. The molecule has 1 saturated heterocycles. The molecule has 4 rings (SSSR count). The molecule has 5 unspecified atom stereocenters. The number of ketones is 1. The van der Waals surface area contributed by atoms with Crippen molar-refractivity contribution in [3.05, 3.63) is 59.4 Å². The van der Waals surface area contributed by atoms with Gasteiger partial charge in [0.15, 0.2) is 12.0 Å². The Kier molecular flexibility index (Phi) is 5.50. The molecule has 158 valence electrons. The number of aliphatic hydroxyl groups excluding tert-OH is 4. The molecule has 2 aromatic carbocycles. The summed E-state index contributed by atoms with van der Waals surface area (Å²) in [5.41, 5.74) is 1.76. The lowest BCUT2D eigenvalue weighted by Gasteiger charge is -2.40. The summed E-state index contributed by atoms with van der Waals surface area (Å²) in [4.78, 5) is 19.8. The number of nitrogens with one attached hydrogen (secondary N) is 2. The zero-order valence-electron chi connectivity index (χ0n) is 15.6. The fourth-order valence-electron chi connectivity index (χ4n) is 3.34. The van der Waals surface area contributed by atoms with Crippen LogP contribution in [0.15, 0.2) is 42.5 Å². The minimum absolute atomic E-state index is 0.195. The highest BCUT2D eigenvalue weighted by Gasteiger charge is 2.43. The van der Waals surface area contributed by atoms with Crippen molar-refractivity contribution in [1.29, 1.82) is 0 Å². The van der Waals surface area contributed by atoms with Crippen molar-refractivity contribution in [2.45, 2.75) is 30.6 Å². The SMILES string of the molecule is O=C(c1ccc(F)cc1)c1ccc2nc(NC3OC(CO)C(O)C(O)C3O)[nH]c2c1. The molecule has 0 radical (unpaired) electrons. The van der Waals surface area contributed by atoms with Crippen LogP contribution in [0.25, 0.3) is 11.0 Å². The molecule has 0 aliphatic carbocycles. The Labute approximate surface area is 169 Å². The average molecular weight is 417 g/mol. The van der Waals surface area contributed by atoms with E-state index in [9.17, 15) is 29.6 Å². The molecule has 0 bridgehead atoms. The second kappa shape index (κ2) is 8.09. The Morgan fingerprint density at radius 1 is 1.07 bits per heavy atom. The third-order valence-corrected chi connectivity index (χ3v) is 5.02. The van der Waals surface area contributed by atoms with Gasteiger partial charge in [-0.3, -0.25) is 4.79 Å². The molecule has 3 aromatic rings. The summed E-state index contributed by atoms with van der Waals surface area (Å²) in [5, 5.41) is 41.9. The van der Waals surface area contributed by atoms with Crippen LogP contribution in [0.4, 0.5) is 10.3 Å². The molecule has 1 aromatic heterocycles. The monoisotopic (exact) mass is 417 g/mol. The molecule has 0 saturated carbocycles. The van der Waals surface area contributed by atoms with Crippen molar-refractivity contribution in [3.63, 3.8) is 0 Å². The standard InChI is InChI=1S/C20H20FN3O6/c21-11-4-1-9(2-5-11)15(26)10-3-6-12-13(7-10)23-20(22-12)24-19-18(29)17(28)16(27)14(8-25)30-19/h1-7,14,16-19,25,27-29H,8H2,(H2,22,23,24). The van der Waals surface area contributed by atoms with Crippen LogP contribution in [-0.4, -0.2) is 73.4 Å². The van der Waals surface area contributed by atoms with Gasteiger partial charge in [-0.25, -0.2) is 9.37 Å². The first-order valence-electron chi connectivity index (χ1n) is 9.24. The Morgan fingerprint density at radius 3 is 2.47 bits per heavy atom. The van der Waals surface area contributed by atoms with Crippen LogP contribution in [-0.2, 0) is 4.74 Å². The molecule has 2 heterocycles. The number of aromatic nitrogens is 2. The van der Waals surface area contributed by atoms with Gasteiger partial charge in [0.05, 0.1) is 17.6 Å². The number of halogens is 1. The molecule has 1 aliphatic rings. The smallest absolute Gasteiger partial charge is 0.203 e. The third-order valence-electron chi connectivity index (χ3n) is 5.02. The van der Waals surface area contributed by atoms with Crippen molar-refractivity contribution < 1.29 is 34.3 Å². The quantitative estimate of drug-likeness (QED) is 0.321. The van der Waals surface area contributed by atoms with Crippen LogP contribution in [0.1, 0.15) is 15.9 Å². The fourth-order valence-corrected chi connectivity index (χ4v) is 3.34. The lowest BCUT2D eigenvalue weighted by Crippen LogP contribution is -2.60. The number of hydrogen-bond acceptors (Lipinski definition) is 8. The molecule has 0 amide bonds. The molecule has 30 heavy (non-hydrogen) atoms. The number of carbonyl (C=O) groups is 1. The summed E-state index contributed by atoms with van der Waals surface area (Å²) < 4.78 is 18.5. The van der Waals surface area contributed by atoms with E-state index in [1.54, 1.807) is 18.2 Å². The number of rotatable bonds is 5. The highest BCUT2D eigenvalue weighted by Crippen LogP contribution is 2.24. The molecule has 0 spiro atoms. The van der Waals surface area contributed by atoms with E-state index in [1.165, 1.54) is 24.3 Å². The Hall–Kier alpha value is -2.89. The molecule has 6 N–H and O–H groups in total. The zero-order valence-corrected chi connectivity index (χ0v) is 15.6. The largest absolute Gasteiger partial charge is 0.394 e. The predicted octanol–water partition coefficient (Wildman–Crippen LogP) is 0.145. The van der Waals surface area contributed by atoms with Gasteiger partial charge >= 0.3 is 0 Å². The van der Waals surface area contributed by atoms with E-state index < -0.39 is 43.1 Å². The summed E-state index contributed by atoms with van der Waals surface area (Å²) in [6.07, 6.45) is -6.63. The average Bonchev–Trinajstić information content (AvgIpc) is 3.15. The van der Waals surface area contributed by atoms with Gasteiger partial charge in [-0.15, -0.1) is 0 Å². The van der Waals surface area contributed by atoms with Crippen LogP contribution in [0.2, 0.25) is 0 Å². The van der Waals surface area contributed by atoms with Crippen LogP contribution < -0.4 is 5.32 Å². The minimum Gasteiger partial charge on any atom is -0.394 e. The van der Waals surface area contributed by atoms with Gasteiger partial charge in [-0.1, -0.05) is 0 Å². The summed E-state index contributed by atoms with van der Waals surface area (Å²) >= 11 is 0. The molecule has 9 nitrogen and oxygen atoms in total. The molecule has 1 aliphatic heterocycles. The molecule has 10 heteroatoms. The first-order valence-corrected chi connectivity index (χ1v) is 9.24. The number of aliphatic hydroxyl groups is 4. The van der Waals surface area contributed by atoms with Crippen LogP contribution in [0.3, 0.4) is 0 Å². The van der Waals surface area contributed by atoms with Gasteiger partial charge in [0, 0.05) is 11.1 Å². The maximum absolute atomic E-state index is 13.1. The lowest BCUT2D eigenvalue weighted by molar-refractivity contribution is -0.221. The second-order valence-electron chi connectivity index (χ2n) is 7.05. The summed E-state index contributed by atoms with van der Waals surface area (Å²) in [6.45, 7) is -0.544. The molecular weight excluding hydrogens is 397 g/mol. The van der Waals surface area contributed by atoms with Crippen LogP contribution in [0, 0.1) is 5.82 Å². The lowest BCUT2D eigenvalue weighted by atomic mass is 9.98.